The highest BCUT2D eigenvalue weighted by molar-refractivity contribution is 14.1. The second-order valence-corrected chi connectivity index (χ2v) is 6.03. The molecular formula is C12H24IN3O. The maximum atomic E-state index is 12.0. The van der Waals surface area contributed by atoms with Crippen LogP contribution in [0.15, 0.2) is 0 Å². The van der Waals surface area contributed by atoms with Crippen LogP contribution in [0, 0.1) is 0 Å². The highest BCUT2D eigenvalue weighted by Crippen LogP contribution is 2.12. The first-order valence-electron chi connectivity index (χ1n) is 6.43. The third-order valence-electron chi connectivity index (χ3n) is 3.41. The zero-order valence-corrected chi connectivity index (χ0v) is 13.3. The first kappa shape index (κ1) is 15.2. The summed E-state index contributed by atoms with van der Waals surface area (Å²) in [6.45, 7) is 9.17. The predicted molar refractivity (Wildman–Crippen MR) is 79.2 cm³/mol. The van der Waals surface area contributed by atoms with Crippen LogP contribution in [0.4, 0.5) is 0 Å². The van der Waals surface area contributed by atoms with E-state index in [1.807, 2.05) is 4.90 Å². The summed E-state index contributed by atoms with van der Waals surface area (Å²) in [5.41, 5.74) is 0. The van der Waals surface area contributed by atoms with Crippen molar-refractivity contribution in [2.24, 2.45) is 0 Å². The molecular weight excluding hydrogens is 329 g/mol. The monoisotopic (exact) mass is 353 g/mol. The first-order chi connectivity index (χ1) is 8.04. The lowest BCUT2D eigenvalue weighted by atomic mass is 10.1. The molecule has 0 bridgehead atoms. The van der Waals surface area contributed by atoms with Crippen molar-refractivity contribution in [2.75, 3.05) is 39.8 Å². The number of piperazine rings is 1. The molecule has 1 saturated heterocycles. The SMILES string of the molecule is CCN(I)C(C)CCC(=O)N1CCN(C)CC1. The number of amides is 1. The van der Waals surface area contributed by atoms with E-state index < -0.39 is 0 Å². The highest BCUT2D eigenvalue weighted by Gasteiger charge is 2.19. The molecule has 0 aliphatic carbocycles. The number of carbonyl (C=O) groups excluding carboxylic acids is 1. The zero-order valence-electron chi connectivity index (χ0n) is 11.2. The van der Waals surface area contributed by atoms with Crippen LogP contribution in [0.3, 0.4) is 0 Å². The van der Waals surface area contributed by atoms with Crippen molar-refractivity contribution < 1.29 is 4.79 Å². The van der Waals surface area contributed by atoms with Gasteiger partial charge < -0.3 is 9.80 Å². The van der Waals surface area contributed by atoms with Gasteiger partial charge in [-0.1, -0.05) is 6.92 Å². The topological polar surface area (TPSA) is 26.8 Å². The number of likely N-dealkylation sites (N-methyl/N-ethyl adjacent to an activating group) is 1. The van der Waals surface area contributed by atoms with E-state index in [-0.39, 0.29) is 0 Å². The Morgan fingerprint density at radius 3 is 2.47 bits per heavy atom. The van der Waals surface area contributed by atoms with Gasteiger partial charge in [0, 0.05) is 68.1 Å². The lowest BCUT2D eigenvalue weighted by molar-refractivity contribution is -0.133. The van der Waals surface area contributed by atoms with E-state index in [4.69, 9.17) is 0 Å². The van der Waals surface area contributed by atoms with Crippen LogP contribution < -0.4 is 0 Å². The van der Waals surface area contributed by atoms with Crippen molar-refractivity contribution >= 4 is 28.8 Å². The summed E-state index contributed by atoms with van der Waals surface area (Å²) in [6, 6.07) is 0.483. The van der Waals surface area contributed by atoms with E-state index in [0.717, 1.165) is 39.1 Å². The number of halogens is 1. The minimum absolute atomic E-state index is 0.325. The molecule has 1 unspecified atom stereocenters. The van der Waals surface area contributed by atoms with E-state index in [2.05, 4.69) is 51.8 Å². The largest absolute Gasteiger partial charge is 0.340 e. The number of carbonyl (C=O) groups is 1. The molecule has 5 heteroatoms. The Morgan fingerprint density at radius 1 is 1.35 bits per heavy atom. The maximum absolute atomic E-state index is 12.0. The Labute approximate surface area is 119 Å². The minimum atomic E-state index is 0.325. The number of hydrogen-bond donors (Lipinski definition) is 0. The average Bonchev–Trinajstić information content (AvgIpc) is 2.35. The Hall–Kier alpha value is 0.120. The predicted octanol–water partition coefficient (Wildman–Crippen LogP) is 1.60. The Bertz CT molecular complexity index is 242. The quantitative estimate of drug-likeness (QED) is 0.555. The van der Waals surface area contributed by atoms with Crippen LogP contribution in [0.5, 0.6) is 0 Å². The van der Waals surface area contributed by atoms with E-state index in [1.165, 1.54) is 0 Å². The molecule has 0 spiro atoms. The molecule has 100 valence electrons. The van der Waals surface area contributed by atoms with Crippen LogP contribution >= 0.6 is 22.9 Å². The molecule has 4 nitrogen and oxygen atoms in total. The van der Waals surface area contributed by atoms with Crippen molar-refractivity contribution in [3.8, 4) is 0 Å². The van der Waals surface area contributed by atoms with Crippen molar-refractivity contribution in [1.82, 2.24) is 12.9 Å². The lowest BCUT2D eigenvalue weighted by Crippen LogP contribution is -2.47. The molecule has 1 fully saturated rings. The summed E-state index contributed by atoms with van der Waals surface area (Å²) in [5, 5.41) is 0. The zero-order chi connectivity index (χ0) is 12.8. The number of nitrogens with zero attached hydrogens (tertiary/aromatic N) is 3. The van der Waals surface area contributed by atoms with E-state index in [0.29, 0.717) is 18.4 Å². The van der Waals surface area contributed by atoms with Crippen molar-refractivity contribution in [3.63, 3.8) is 0 Å². The molecule has 0 N–H and O–H groups in total. The maximum Gasteiger partial charge on any atom is 0.222 e. The van der Waals surface area contributed by atoms with Crippen molar-refractivity contribution in [3.05, 3.63) is 0 Å². The summed E-state index contributed by atoms with van der Waals surface area (Å²) in [7, 11) is 2.11. The van der Waals surface area contributed by atoms with Gasteiger partial charge in [0.1, 0.15) is 0 Å². The van der Waals surface area contributed by atoms with Gasteiger partial charge in [0.05, 0.1) is 0 Å². The number of hydrogen-bond acceptors (Lipinski definition) is 3. The Morgan fingerprint density at radius 2 is 1.94 bits per heavy atom. The lowest BCUT2D eigenvalue weighted by Gasteiger charge is -2.33. The number of rotatable bonds is 5. The van der Waals surface area contributed by atoms with Gasteiger partial charge in [0.25, 0.3) is 0 Å². The van der Waals surface area contributed by atoms with Gasteiger partial charge in [-0.05, 0) is 20.4 Å². The van der Waals surface area contributed by atoms with Crippen LogP contribution in [0.2, 0.25) is 0 Å². The molecule has 1 aliphatic heterocycles. The molecule has 1 heterocycles. The second kappa shape index (κ2) is 7.53. The van der Waals surface area contributed by atoms with E-state index >= 15 is 0 Å². The van der Waals surface area contributed by atoms with Crippen LogP contribution in [-0.2, 0) is 4.79 Å². The highest BCUT2D eigenvalue weighted by atomic mass is 127. The third-order valence-corrected chi connectivity index (χ3v) is 5.05. The van der Waals surface area contributed by atoms with E-state index in [9.17, 15) is 4.79 Å². The smallest absolute Gasteiger partial charge is 0.222 e. The second-order valence-electron chi connectivity index (χ2n) is 4.79. The third kappa shape index (κ3) is 5.09. The molecule has 0 aromatic carbocycles. The summed E-state index contributed by atoms with van der Waals surface area (Å²) in [6.07, 6.45) is 1.65. The van der Waals surface area contributed by atoms with Gasteiger partial charge in [0.15, 0.2) is 0 Å². The fraction of sp³-hybridized carbons (Fsp3) is 0.917. The Kier molecular flexibility index (Phi) is 6.72. The molecule has 1 aliphatic rings. The Balaban J connectivity index is 2.25. The van der Waals surface area contributed by atoms with Gasteiger partial charge >= 0.3 is 0 Å². The normalized spacial score (nSPS) is 19.7. The standard InChI is InChI=1S/C12H24IN3O/c1-4-16(13)11(2)5-6-12(17)15-9-7-14(3)8-10-15/h11H,4-10H2,1-3H3. The summed E-state index contributed by atoms with van der Waals surface area (Å²) in [4.78, 5) is 16.3. The van der Waals surface area contributed by atoms with Crippen LogP contribution in [0.25, 0.3) is 0 Å². The molecule has 1 atom stereocenters. The van der Waals surface area contributed by atoms with Crippen molar-refractivity contribution in [1.29, 1.82) is 0 Å². The molecule has 1 rings (SSSR count). The van der Waals surface area contributed by atoms with Gasteiger partial charge in [-0.2, -0.15) is 0 Å². The van der Waals surface area contributed by atoms with Crippen LogP contribution in [-0.4, -0.2) is 64.6 Å². The van der Waals surface area contributed by atoms with Gasteiger partial charge in [0.2, 0.25) is 5.91 Å². The summed E-state index contributed by atoms with van der Waals surface area (Å²) in [5.74, 6) is 0.325. The van der Waals surface area contributed by atoms with Gasteiger partial charge in [-0.25, -0.2) is 3.11 Å². The molecule has 0 saturated carbocycles. The molecule has 0 aromatic rings. The fourth-order valence-electron chi connectivity index (χ4n) is 2.00. The first-order valence-corrected chi connectivity index (χ1v) is 7.39. The molecule has 17 heavy (non-hydrogen) atoms. The van der Waals surface area contributed by atoms with Crippen LogP contribution in [0.1, 0.15) is 26.7 Å². The van der Waals surface area contributed by atoms with E-state index in [1.54, 1.807) is 0 Å². The molecule has 1 amide bonds. The van der Waals surface area contributed by atoms with Gasteiger partial charge in [-0.3, -0.25) is 4.79 Å². The summed E-state index contributed by atoms with van der Waals surface area (Å²) < 4.78 is 2.26. The van der Waals surface area contributed by atoms with Gasteiger partial charge in [-0.15, -0.1) is 0 Å². The minimum Gasteiger partial charge on any atom is -0.340 e. The molecule has 0 radical (unpaired) electrons. The fourth-order valence-corrected chi connectivity index (χ4v) is 2.28. The summed E-state index contributed by atoms with van der Waals surface area (Å²) >= 11 is 2.34. The van der Waals surface area contributed by atoms with Crippen molar-refractivity contribution in [2.45, 2.75) is 32.7 Å². The molecule has 0 aromatic heterocycles. The average molecular weight is 353 g/mol.